The average molecular weight is 557 g/mol. The third-order valence-corrected chi connectivity index (χ3v) is 9.71. The second-order valence-corrected chi connectivity index (χ2v) is 12.2. The molecule has 0 saturated carbocycles. The van der Waals surface area contributed by atoms with Crippen molar-refractivity contribution in [3.63, 3.8) is 0 Å². The van der Waals surface area contributed by atoms with E-state index in [1.807, 2.05) is 6.92 Å². The molecule has 1 amide bonds. The number of carbonyl (C=O) groups is 1. The van der Waals surface area contributed by atoms with Crippen LogP contribution in [0, 0.1) is 0 Å². The number of hydrogen-bond acceptors (Lipinski definition) is 7. The van der Waals surface area contributed by atoms with Gasteiger partial charge in [-0.2, -0.15) is 13.7 Å². The minimum atomic E-state index is -4.09. The van der Waals surface area contributed by atoms with Crippen molar-refractivity contribution in [3.8, 4) is 5.75 Å². The average Bonchev–Trinajstić information content (AvgIpc) is 2.94. The fourth-order valence-electron chi connectivity index (χ4n) is 3.99. The molecule has 1 aliphatic heterocycles. The molecule has 1 aliphatic rings. The summed E-state index contributed by atoms with van der Waals surface area (Å²) >= 11 is 0. The van der Waals surface area contributed by atoms with Gasteiger partial charge in [0.2, 0.25) is 20.0 Å². The van der Waals surface area contributed by atoms with Crippen LogP contribution in [-0.2, 0) is 24.8 Å². The van der Waals surface area contributed by atoms with Crippen LogP contribution in [0.4, 0.5) is 0 Å². The highest BCUT2D eigenvalue weighted by molar-refractivity contribution is 7.89. The first kappa shape index (κ1) is 27.5. The van der Waals surface area contributed by atoms with Gasteiger partial charge in [-0.25, -0.2) is 22.3 Å². The summed E-state index contributed by atoms with van der Waals surface area (Å²) in [5.41, 5.74) is 3.06. The minimum Gasteiger partial charge on any atom is -0.494 e. The molecular formula is C26H28N4O6S2. The molecule has 200 valence electrons. The van der Waals surface area contributed by atoms with E-state index in [0.717, 1.165) is 8.61 Å². The van der Waals surface area contributed by atoms with Crippen molar-refractivity contribution in [2.75, 3.05) is 26.2 Å². The lowest BCUT2D eigenvalue weighted by Crippen LogP contribution is -2.60. The second-order valence-electron chi connectivity index (χ2n) is 8.36. The summed E-state index contributed by atoms with van der Waals surface area (Å²) in [7, 11) is -8.04. The molecular weight excluding hydrogens is 528 g/mol. The van der Waals surface area contributed by atoms with E-state index in [9.17, 15) is 21.6 Å². The number of rotatable bonds is 9. The van der Waals surface area contributed by atoms with Crippen LogP contribution in [-0.4, -0.2) is 69.9 Å². The van der Waals surface area contributed by atoms with E-state index >= 15 is 0 Å². The molecule has 0 radical (unpaired) electrons. The number of piperazine rings is 1. The van der Waals surface area contributed by atoms with Crippen molar-refractivity contribution in [2.45, 2.75) is 22.8 Å². The van der Waals surface area contributed by atoms with Gasteiger partial charge in [0.25, 0.3) is 5.91 Å². The highest BCUT2D eigenvalue weighted by Crippen LogP contribution is 2.25. The van der Waals surface area contributed by atoms with E-state index in [0.29, 0.717) is 17.9 Å². The summed E-state index contributed by atoms with van der Waals surface area (Å²) in [5, 5.41) is 3.97. The molecule has 1 heterocycles. The van der Waals surface area contributed by atoms with E-state index in [-0.39, 0.29) is 29.4 Å². The van der Waals surface area contributed by atoms with Gasteiger partial charge in [0.05, 0.1) is 22.6 Å². The number of amides is 1. The number of nitrogens with zero attached hydrogens (tertiary/aromatic N) is 3. The predicted octanol–water partition coefficient (Wildman–Crippen LogP) is 2.30. The number of sulfonamides is 2. The molecule has 0 bridgehead atoms. The van der Waals surface area contributed by atoms with Crippen LogP contribution in [0.2, 0.25) is 0 Å². The summed E-state index contributed by atoms with van der Waals surface area (Å²) in [4.78, 5) is 13.3. The van der Waals surface area contributed by atoms with Gasteiger partial charge in [0, 0.05) is 19.6 Å². The van der Waals surface area contributed by atoms with Gasteiger partial charge in [0.1, 0.15) is 11.8 Å². The zero-order chi connectivity index (χ0) is 27.2. The quantitative estimate of drug-likeness (QED) is 0.319. The fourth-order valence-corrected chi connectivity index (χ4v) is 7.04. The lowest BCUT2D eigenvalue weighted by Gasteiger charge is -2.38. The van der Waals surface area contributed by atoms with Crippen LogP contribution in [0.1, 0.15) is 12.5 Å². The molecule has 0 aliphatic carbocycles. The van der Waals surface area contributed by atoms with Crippen LogP contribution >= 0.6 is 0 Å². The number of benzene rings is 3. The Kier molecular flexibility index (Phi) is 8.57. The third kappa shape index (κ3) is 6.10. The summed E-state index contributed by atoms with van der Waals surface area (Å²) in [6.45, 7) is 1.73. The maximum Gasteiger partial charge on any atom is 0.259 e. The smallest absolute Gasteiger partial charge is 0.259 e. The van der Waals surface area contributed by atoms with Crippen molar-refractivity contribution in [1.29, 1.82) is 0 Å². The van der Waals surface area contributed by atoms with Crippen LogP contribution in [0.25, 0.3) is 0 Å². The van der Waals surface area contributed by atoms with Gasteiger partial charge in [-0.1, -0.05) is 36.4 Å². The zero-order valence-electron chi connectivity index (χ0n) is 20.7. The Morgan fingerprint density at radius 3 is 2.05 bits per heavy atom. The molecule has 0 aromatic heterocycles. The Hall–Kier alpha value is -3.58. The van der Waals surface area contributed by atoms with E-state index in [4.69, 9.17) is 4.74 Å². The van der Waals surface area contributed by atoms with E-state index < -0.39 is 32.0 Å². The predicted molar refractivity (Wildman–Crippen MR) is 143 cm³/mol. The zero-order valence-corrected chi connectivity index (χ0v) is 22.3. The molecule has 12 heteroatoms. The minimum absolute atomic E-state index is 0.00931. The number of ether oxygens (including phenoxy) is 1. The first-order chi connectivity index (χ1) is 18.2. The van der Waals surface area contributed by atoms with E-state index in [1.165, 1.54) is 30.5 Å². The van der Waals surface area contributed by atoms with Crippen LogP contribution < -0.4 is 10.2 Å². The Balaban J connectivity index is 1.58. The lowest BCUT2D eigenvalue weighted by atomic mass is 10.2. The Morgan fingerprint density at radius 2 is 1.47 bits per heavy atom. The van der Waals surface area contributed by atoms with Gasteiger partial charge in [-0.3, -0.25) is 4.79 Å². The summed E-state index contributed by atoms with van der Waals surface area (Å²) < 4.78 is 60.9. The molecule has 0 unspecified atom stereocenters. The van der Waals surface area contributed by atoms with E-state index in [1.54, 1.807) is 60.7 Å². The summed E-state index contributed by atoms with van der Waals surface area (Å²) in [5.74, 6) is -0.0583. The first-order valence-corrected chi connectivity index (χ1v) is 14.8. The van der Waals surface area contributed by atoms with Crippen molar-refractivity contribution >= 4 is 32.2 Å². The molecule has 4 rings (SSSR count). The van der Waals surface area contributed by atoms with Gasteiger partial charge < -0.3 is 4.74 Å². The van der Waals surface area contributed by atoms with Gasteiger partial charge in [-0.05, 0) is 61.0 Å². The molecule has 1 atom stereocenters. The molecule has 1 fully saturated rings. The van der Waals surface area contributed by atoms with Crippen molar-refractivity contribution in [3.05, 3.63) is 90.5 Å². The highest BCUT2D eigenvalue weighted by atomic mass is 32.2. The van der Waals surface area contributed by atoms with Crippen LogP contribution in [0.15, 0.2) is 99.8 Å². The normalized spacial score (nSPS) is 17.3. The third-order valence-electron chi connectivity index (χ3n) is 5.91. The fraction of sp³-hybridized carbons (Fsp3) is 0.231. The Morgan fingerprint density at radius 1 is 0.895 bits per heavy atom. The lowest BCUT2D eigenvalue weighted by molar-refractivity contribution is -0.125. The van der Waals surface area contributed by atoms with Crippen molar-refractivity contribution in [1.82, 2.24) is 14.0 Å². The number of nitrogens with one attached hydrogen (secondary N) is 1. The van der Waals surface area contributed by atoms with Gasteiger partial charge in [-0.15, -0.1) is 0 Å². The van der Waals surface area contributed by atoms with Crippen LogP contribution in [0.3, 0.4) is 0 Å². The largest absolute Gasteiger partial charge is 0.494 e. The maximum absolute atomic E-state index is 13.4. The maximum atomic E-state index is 13.4. The van der Waals surface area contributed by atoms with Crippen LogP contribution in [0.5, 0.6) is 5.75 Å². The highest BCUT2D eigenvalue weighted by Gasteiger charge is 2.43. The van der Waals surface area contributed by atoms with Crippen molar-refractivity contribution in [2.24, 2.45) is 5.10 Å². The number of carbonyl (C=O) groups excluding carboxylic acids is 1. The SMILES string of the molecule is CCOc1ccc(/C=N\NC(=O)[C@H]2CN(S(=O)(=O)c3ccccc3)CCN2S(=O)(=O)c2ccccc2)cc1. The monoisotopic (exact) mass is 556 g/mol. The second kappa shape index (κ2) is 11.9. The Bertz CT molecular complexity index is 1480. The molecule has 0 spiro atoms. The molecule has 1 saturated heterocycles. The summed E-state index contributed by atoms with van der Waals surface area (Å²) in [6, 6.07) is 21.2. The van der Waals surface area contributed by atoms with E-state index in [2.05, 4.69) is 10.5 Å². The number of hydrazone groups is 1. The molecule has 3 aromatic rings. The Labute approximate surface area is 222 Å². The standard InChI is InChI=1S/C26H28N4O6S2/c1-2-36-22-15-13-21(14-16-22)19-27-28-26(31)25-20-29(37(32,33)23-9-5-3-6-10-23)17-18-30(25)38(34,35)24-11-7-4-8-12-24/h3-16,19,25H,2,17-18,20H2,1H3,(H,28,31)/b27-19-/t25-/m1/s1. The molecule has 1 N–H and O–H groups in total. The van der Waals surface area contributed by atoms with Gasteiger partial charge >= 0.3 is 0 Å². The van der Waals surface area contributed by atoms with Crippen molar-refractivity contribution < 1.29 is 26.4 Å². The summed E-state index contributed by atoms with van der Waals surface area (Å²) in [6.07, 6.45) is 1.41. The number of hydrogen-bond donors (Lipinski definition) is 1. The topological polar surface area (TPSA) is 125 Å². The molecule has 3 aromatic carbocycles. The molecule has 38 heavy (non-hydrogen) atoms. The van der Waals surface area contributed by atoms with Gasteiger partial charge in [0.15, 0.2) is 0 Å². The first-order valence-electron chi connectivity index (χ1n) is 11.9. The molecule has 10 nitrogen and oxygen atoms in total.